The lowest BCUT2D eigenvalue weighted by Gasteiger charge is -2.31. The summed E-state index contributed by atoms with van der Waals surface area (Å²) in [5.74, 6) is 1.12. The van der Waals surface area contributed by atoms with Crippen LogP contribution in [0, 0.1) is 0 Å². The van der Waals surface area contributed by atoms with Gasteiger partial charge in [0.2, 0.25) is 0 Å². The number of alkyl halides is 2. The maximum atomic E-state index is 12.6. The molecule has 1 aliphatic heterocycles. The zero-order valence-electron chi connectivity index (χ0n) is 10.9. The average Bonchev–Trinajstić information content (AvgIpc) is 2.39. The number of hydrogen-bond donors (Lipinski definition) is 1. The van der Waals surface area contributed by atoms with E-state index in [-0.39, 0.29) is 12.5 Å². The fourth-order valence-electron chi connectivity index (χ4n) is 2.55. The molecule has 0 radical (unpaired) electrons. The number of rotatable bonds is 6. The Morgan fingerprint density at radius 2 is 2.16 bits per heavy atom. The van der Waals surface area contributed by atoms with Crippen LogP contribution in [0.3, 0.4) is 0 Å². The summed E-state index contributed by atoms with van der Waals surface area (Å²) in [5.41, 5.74) is 6.61. The van der Waals surface area contributed by atoms with Gasteiger partial charge in [0, 0.05) is 25.6 Å². The summed E-state index contributed by atoms with van der Waals surface area (Å²) < 4.78 is 30.7. The van der Waals surface area contributed by atoms with Crippen LogP contribution in [0.25, 0.3) is 0 Å². The standard InChI is InChI=1S/C14H20F2N2O/c15-14(16)10-18(7-6-17)9-11-5-8-19-13-4-2-1-3-12(11)13/h1-4,11,14H,5-10,17H2. The summed E-state index contributed by atoms with van der Waals surface area (Å²) in [6.07, 6.45) is -1.46. The molecule has 1 aromatic carbocycles. The van der Waals surface area contributed by atoms with Gasteiger partial charge in [0.1, 0.15) is 5.75 Å². The van der Waals surface area contributed by atoms with Crippen molar-refractivity contribution in [1.29, 1.82) is 0 Å². The van der Waals surface area contributed by atoms with Gasteiger partial charge in [0.15, 0.2) is 0 Å². The predicted molar refractivity (Wildman–Crippen MR) is 70.8 cm³/mol. The molecule has 19 heavy (non-hydrogen) atoms. The molecule has 0 saturated heterocycles. The van der Waals surface area contributed by atoms with Crippen molar-refractivity contribution in [1.82, 2.24) is 4.90 Å². The molecule has 0 bridgehead atoms. The van der Waals surface area contributed by atoms with E-state index in [4.69, 9.17) is 10.5 Å². The van der Waals surface area contributed by atoms with Gasteiger partial charge in [-0.15, -0.1) is 0 Å². The molecule has 3 nitrogen and oxygen atoms in total. The van der Waals surface area contributed by atoms with Crippen LogP contribution in [0.2, 0.25) is 0 Å². The molecular weight excluding hydrogens is 250 g/mol. The van der Waals surface area contributed by atoms with E-state index in [2.05, 4.69) is 0 Å². The van der Waals surface area contributed by atoms with Gasteiger partial charge in [-0.1, -0.05) is 18.2 Å². The van der Waals surface area contributed by atoms with Crippen molar-refractivity contribution in [2.45, 2.75) is 18.8 Å². The van der Waals surface area contributed by atoms with Crippen LogP contribution >= 0.6 is 0 Å². The van der Waals surface area contributed by atoms with Crippen molar-refractivity contribution in [3.05, 3.63) is 29.8 Å². The van der Waals surface area contributed by atoms with Gasteiger partial charge in [-0.2, -0.15) is 0 Å². The van der Waals surface area contributed by atoms with E-state index >= 15 is 0 Å². The lowest BCUT2D eigenvalue weighted by Crippen LogP contribution is -2.37. The maximum absolute atomic E-state index is 12.6. The maximum Gasteiger partial charge on any atom is 0.251 e. The largest absolute Gasteiger partial charge is 0.493 e. The van der Waals surface area contributed by atoms with E-state index in [1.807, 2.05) is 24.3 Å². The molecule has 0 saturated carbocycles. The second-order valence-electron chi connectivity index (χ2n) is 4.81. The van der Waals surface area contributed by atoms with Crippen LogP contribution < -0.4 is 10.5 Å². The van der Waals surface area contributed by atoms with Gasteiger partial charge in [0.25, 0.3) is 6.43 Å². The number of nitrogens with zero attached hydrogens (tertiary/aromatic N) is 1. The van der Waals surface area contributed by atoms with Gasteiger partial charge >= 0.3 is 0 Å². The van der Waals surface area contributed by atoms with Gasteiger partial charge in [-0.25, -0.2) is 8.78 Å². The Bertz CT molecular complexity index is 401. The SMILES string of the molecule is NCCN(CC(F)F)CC1CCOc2ccccc21. The predicted octanol–water partition coefficient (Wildman–Crippen LogP) is 2.08. The highest BCUT2D eigenvalue weighted by molar-refractivity contribution is 5.37. The van der Waals surface area contributed by atoms with Crippen LogP contribution in [0.1, 0.15) is 17.9 Å². The second kappa shape index (κ2) is 6.82. The summed E-state index contributed by atoms with van der Waals surface area (Å²) in [7, 11) is 0. The number of benzene rings is 1. The van der Waals surface area contributed by atoms with Crippen molar-refractivity contribution >= 4 is 0 Å². The van der Waals surface area contributed by atoms with Crippen LogP contribution in [0.4, 0.5) is 8.78 Å². The zero-order valence-corrected chi connectivity index (χ0v) is 10.9. The van der Waals surface area contributed by atoms with Gasteiger partial charge < -0.3 is 10.5 Å². The van der Waals surface area contributed by atoms with Crippen molar-refractivity contribution in [3.63, 3.8) is 0 Å². The summed E-state index contributed by atoms with van der Waals surface area (Å²) >= 11 is 0. The Hall–Kier alpha value is -1.20. The molecule has 0 spiro atoms. The van der Waals surface area contributed by atoms with Gasteiger partial charge in [0.05, 0.1) is 13.2 Å². The zero-order chi connectivity index (χ0) is 13.7. The van der Waals surface area contributed by atoms with Crippen LogP contribution in [-0.4, -0.2) is 44.1 Å². The third-order valence-corrected chi connectivity index (χ3v) is 3.40. The molecule has 5 heteroatoms. The lowest BCUT2D eigenvalue weighted by molar-refractivity contribution is 0.0835. The number of hydrogen-bond acceptors (Lipinski definition) is 3. The molecule has 0 amide bonds. The molecule has 106 valence electrons. The van der Waals surface area contributed by atoms with E-state index < -0.39 is 6.43 Å². The van der Waals surface area contributed by atoms with Crippen LogP contribution in [0.5, 0.6) is 5.75 Å². The van der Waals surface area contributed by atoms with E-state index in [0.717, 1.165) is 17.7 Å². The molecule has 0 aliphatic carbocycles. The van der Waals surface area contributed by atoms with E-state index in [1.165, 1.54) is 0 Å². The first-order chi connectivity index (χ1) is 9.20. The fraction of sp³-hybridized carbons (Fsp3) is 0.571. The first-order valence-electron chi connectivity index (χ1n) is 6.63. The van der Waals surface area contributed by atoms with E-state index in [0.29, 0.717) is 26.2 Å². The summed E-state index contributed by atoms with van der Waals surface area (Å²) in [5, 5.41) is 0. The first-order valence-corrected chi connectivity index (χ1v) is 6.63. The van der Waals surface area contributed by atoms with Gasteiger partial charge in [-0.3, -0.25) is 4.90 Å². The Morgan fingerprint density at radius 1 is 1.37 bits per heavy atom. The first kappa shape index (κ1) is 14.2. The minimum Gasteiger partial charge on any atom is -0.493 e. The second-order valence-corrected chi connectivity index (χ2v) is 4.81. The minimum atomic E-state index is -2.32. The topological polar surface area (TPSA) is 38.5 Å². The molecule has 2 rings (SSSR count). The van der Waals surface area contributed by atoms with Gasteiger partial charge in [-0.05, 0) is 18.1 Å². The number of para-hydroxylation sites is 1. The Kier molecular flexibility index (Phi) is 5.10. The lowest BCUT2D eigenvalue weighted by atomic mass is 9.92. The monoisotopic (exact) mass is 270 g/mol. The van der Waals surface area contributed by atoms with Crippen LogP contribution in [-0.2, 0) is 0 Å². The Morgan fingerprint density at radius 3 is 2.89 bits per heavy atom. The molecule has 0 aromatic heterocycles. The highest BCUT2D eigenvalue weighted by atomic mass is 19.3. The van der Waals surface area contributed by atoms with Crippen molar-refractivity contribution < 1.29 is 13.5 Å². The van der Waals surface area contributed by atoms with Crippen LogP contribution in [0.15, 0.2) is 24.3 Å². The Labute approximate surface area is 112 Å². The van der Waals surface area contributed by atoms with Crippen molar-refractivity contribution in [2.24, 2.45) is 5.73 Å². The molecule has 1 aliphatic rings. The van der Waals surface area contributed by atoms with Crippen molar-refractivity contribution in [3.8, 4) is 5.75 Å². The number of halogens is 2. The highest BCUT2D eigenvalue weighted by Crippen LogP contribution is 2.33. The number of nitrogens with two attached hydrogens (primary N) is 1. The molecule has 1 atom stereocenters. The molecule has 2 N–H and O–H groups in total. The van der Waals surface area contributed by atoms with E-state index in [9.17, 15) is 8.78 Å². The molecule has 1 unspecified atom stereocenters. The summed E-state index contributed by atoms with van der Waals surface area (Å²) in [6.45, 7) is 1.95. The smallest absolute Gasteiger partial charge is 0.251 e. The Balaban J connectivity index is 2.05. The molecular formula is C14H20F2N2O. The minimum absolute atomic E-state index is 0.212. The number of ether oxygens (including phenoxy) is 1. The molecule has 1 heterocycles. The third-order valence-electron chi connectivity index (χ3n) is 3.40. The highest BCUT2D eigenvalue weighted by Gasteiger charge is 2.24. The normalized spacial score (nSPS) is 18.5. The summed E-state index contributed by atoms with van der Waals surface area (Å²) in [6, 6.07) is 7.84. The quantitative estimate of drug-likeness (QED) is 0.860. The summed E-state index contributed by atoms with van der Waals surface area (Å²) in [4.78, 5) is 1.75. The third kappa shape index (κ3) is 3.88. The fourth-order valence-corrected chi connectivity index (χ4v) is 2.55. The average molecular weight is 270 g/mol. The number of fused-ring (bicyclic) bond motifs is 1. The molecule has 0 fully saturated rings. The van der Waals surface area contributed by atoms with E-state index in [1.54, 1.807) is 4.90 Å². The van der Waals surface area contributed by atoms with Crippen molar-refractivity contribution in [2.75, 3.05) is 32.8 Å². The molecule has 1 aromatic rings.